The number of aromatic amines is 1. The van der Waals surface area contributed by atoms with E-state index in [2.05, 4.69) is 28.3 Å². The first-order valence-corrected chi connectivity index (χ1v) is 7.55. The fourth-order valence-corrected chi connectivity index (χ4v) is 2.90. The van der Waals surface area contributed by atoms with E-state index in [1.54, 1.807) is 6.07 Å². The van der Waals surface area contributed by atoms with Crippen LogP contribution in [0, 0.1) is 0 Å². The summed E-state index contributed by atoms with van der Waals surface area (Å²) in [6, 6.07) is 9.71. The van der Waals surface area contributed by atoms with Crippen molar-refractivity contribution in [3.8, 4) is 0 Å². The van der Waals surface area contributed by atoms with Gasteiger partial charge in [0, 0.05) is 23.2 Å². The van der Waals surface area contributed by atoms with Crippen LogP contribution in [0.1, 0.15) is 24.6 Å². The molecule has 0 saturated carbocycles. The first-order valence-electron chi connectivity index (χ1n) is 6.73. The number of rotatable bonds is 6. The maximum atomic E-state index is 11.7. The molecule has 0 bridgehead atoms. The Morgan fingerprint density at radius 3 is 2.90 bits per heavy atom. The van der Waals surface area contributed by atoms with Crippen LogP contribution in [0.3, 0.4) is 0 Å². The highest BCUT2D eigenvalue weighted by molar-refractivity contribution is 7.99. The second-order valence-electron chi connectivity index (χ2n) is 4.53. The van der Waals surface area contributed by atoms with Crippen LogP contribution in [0.25, 0.3) is 0 Å². The smallest absolute Gasteiger partial charge is 0.251 e. The van der Waals surface area contributed by atoms with Crippen LogP contribution in [0.4, 0.5) is 0 Å². The fraction of sp³-hybridized carbons (Fsp3) is 0.333. The van der Waals surface area contributed by atoms with Crippen molar-refractivity contribution in [2.45, 2.75) is 36.4 Å². The highest BCUT2D eigenvalue weighted by Gasteiger charge is 2.06. The standard InChI is InChI=1S/C15H19N3OS/c1-3-6-12-9-14(19)18-15(17-12)20-13-8-5-4-7-11(13)10-16-2/h4-5,7-9,16H,3,6,10H2,1-2H3,(H,17,18,19). The number of hydrogen-bond donors (Lipinski definition) is 2. The molecular weight excluding hydrogens is 270 g/mol. The third-order valence-electron chi connectivity index (χ3n) is 2.83. The molecule has 1 aromatic heterocycles. The molecule has 0 aliphatic rings. The lowest BCUT2D eigenvalue weighted by atomic mass is 10.2. The van der Waals surface area contributed by atoms with E-state index in [1.165, 1.54) is 17.3 Å². The minimum atomic E-state index is -0.0861. The summed E-state index contributed by atoms with van der Waals surface area (Å²) in [5, 5.41) is 3.80. The predicted octanol–water partition coefficient (Wildman–Crippen LogP) is 2.59. The first kappa shape index (κ1) is 14.8. The molecule has 2 rings (SSSR count). The summed E-state index contributed by atoms with van der Waals surface area (Å²) in [6.45, 7) is 2.87. The molecule has 0 amide bonds. The second kappa shape index (κ2) is 7.26. The Morgan fingerprint density at radius 2 is 2.15 bits per heavy atom. The van der Waals surface area contributed by atoms with Gasteiger partial charge in [-0.05, 0) is 25.1 Å². The van der Waals surface area contributed by atoms with Crippen LogP contribution in [0.15, 0.2) is 45.2 Å². The zero-order valence-electron chi connectivity index (χ0n) is 11.8. The predicted molar refractivity (Wildman–Crippen MR) is 82.2 cm³/mol. The summed E-state index contributed by atoms with van der Waals surface area (Å²) in [4.78, 5) is 20.1. The number of nitrogens with zero attached hydrogens (tertiary/aromatic N) is 1. The van der Waals surface area contributed by atoms with E-state index in [9.17, 15) is 4.79 Å². The van der Waals surface area contributed by atoms with Crippen LogP contribution in [0.2, 0.25) is 0 Å². The number of aromatic nitrogens is 2. The Balaban J connectivity index is 2.27. The van der Waals surface area contributed by atoms with E-state index in [0.717, 1.165) is 30.0 Å². The average molecular weight is 289 g/mol. The van der Waals surface area contributed by atoms with Crippen LogP contribution in [-0.2, 0) is 13.0 Å². The minimum absolute atomic E-state index is 0.0861. The summed E-state index contributed by atoms with van der Waals surface area (Å²) in [5.74, 6) is 0. The van der Waals surface area contributed by atoms with Gasteiger partial charge < -0.3 is 10.3 Å². The maximum Gasteiger partial charge on any atom is 0.251 e. The van der Waals surface area contributed by atoms with E-state index in [-0.39, 0.29) is 5.56 Å². The normalized spacial score (nSPS) is 10.7. The van der Waals surface area contributed by atoms with Gasteiger partial charge in [-0.25, -0.2) is 4.98 Å². The molecule has 5 heteroatoms. The van der Waals surface area contributed by atoms with Crippen molar-refractivity contribution in [1.82, 2.24) is 15.3 Å². The van der Waals surface area contributed by atoms with Gasteiger partial charge in [0.2, 0.25) is 0 Å². The molecule has 0 aliphatic carbocycles. The lowest BCUT2D eigenvalue weighted by molar-refractivity contribution is 0.799. The summed E-state index contributed by atoms with van der Waals surface area (Å²) < 4.78 is 0. The van der Waals surface area contributed by atoms with Gasteiger partial charge >= 0.3 is 0 Å². The average Bonchev–Trinajstić information content (AvgIpc) is 2.41. The number of H-pyrrole nitrogens is 1. The molecule has 0 atom stereocenters. The first-order chi connectivity index (χ1) is 9.72. The van der Waals surface area contributed by atoms with Gasteiger partial charge in [-0.2, -0.15) is 0 Å². The highest BCUT2D eigenvalue weighted by atomic mass is 32.2. The molecule has 4 nitrogen and oxygen atoms in total. The van der Waals surface area contributed by atoms with Crippen LogP contribution >= 0.6 is 11.8 Å². The molecule has 106 valence electrons. The van der Waals surface area contributed by atoms with Crippen molar-refractivity contribution < 1.29 is 0 Å². The zero-order chi connectivity index (χ0) is 14.4. The Kier molecular flexibility index (Phi) is 5.38. The van der Waals surface area contributed by atoms with E-state index in [0.29, 0.717) is 5.16 Å². The Bertz CT molecular complexity index is 625. The molecule has 0 aliphatic heterocycles. The number of benzene rings is 1. The Hall–Kier alpha value is -1.59. The zero-order valence-corrected chi connectivity index (χ0v) is 12.6. The lowest BCUT2D eigenvalue weighted by Gasteiger charge is -2.08. The fourth-order valence-electron chi connectivity index (χ4n) is 1.96. The molecule has 2 N–H and O–H groups in total. The van der Waals surface area contributed by atoms with Gasteiger partial charge in [0.1, 0.15) is 0 Å². The molecule has 2 aromatic rings. The van der Waals surface area contributed by atoms with Crippen molar-refractivity contribution in [2.75, 3.05) is 7.05 Å². The van der Waals surface area contributed by atoms with Crippen molar-refractivity contribution in [3.63, 3.8) is 0 Å². The van der Waals surface area contributed by atoms with Crippen molar-refractivity contribution in [2.24, 2.45) is 0 Å². The summed E-state index contributed by atoms with van der Waals surface area (Å²) in [6.07, 6.45) is 1.81. The number of nitrogens with one attached hydrogen (secondary N) is 2. The van der Waals surface area contributed by atoms with Crippen molar-refractivity contribution in [1.29, 1.82) is 0 Å². The van der Waals surface area contributed by atoms with Gasteiger partial charge in [-0.15, -0.1) is 0 Å². The molecule has 0 saturated heterocycles. The SMILES string of the molecule is CCCc1cc(=O)[nH]c(Sc2ccccc2CNC)n1. The van der Waals surface area contributed by atoms with E-state index < -0.39 is 0 Å². The van der Waals surface area contributed by atoms with Crippen molar-refractivity contribution >= 4 is 11.8 Å². The molecular formula is C15H19N3OS. The summed E-state index contributed by atoms with van der Waals surface area (Å²) in [7, 11) is 1.92. The van der Waals surface area contributed by atoms with Crippen LogP contribution < -0.4 is 10.9 Å². The molecule has 0 unspecified atom stereocenters. The number of hydrogen-bond acceptors (Lipinski definition) is 4. The van der Waals surface area contributed by atoms with E-state index >= 15 is 0 Å². The molecule has 1 heterocycles. The quantitative estimate of drug-likeness (QED) is 0.803. The highest BCUT2D eigenvalue weighted by Crippen LogP contribution is 2.27. The molecule has 1 aromatic carbocycles. The van der Waals surface area contributed by atoms with Crippen LogP contribution in [0.5, 0.6) is 0 Å². The van der Waals surface area contributed by atoms with Crippen molar-refractivity contribution in [3.05, 3.63) is 51.9 Å². The molecule has 0 fully saturated rings. The summed E-state index contributed by atoms with van der Waals surface area (Å²) in [5.41, 5.74) is 1.96. The minimum Gasteiger partial charge on any atom is -0.316 e. The third-order valence-corrected chi connectivity index (χ3v) is 3.83. The Labute approximate surface area is 123 Å². The summed E-state index contributed by atoms with van der Waals surface area (Å²) >= 11 is 1.50. The van der Waals surface area contributed by atoms with Crippen LogP contribution in [-0.4, -0.2) is 17.0 Å². The second-order valence-corrected chi connectivity index (χ2v) is 5.56. The number of aryl methyl sites for hydroxylation is 1. The molecule has 0 spiro atoms. The topological polar surface area (TPSA) is 57.8 Å². The lowest BCUT2D eigenvalue weighted by Crippen LogP contribution is -2.10. The van der Waals surface area contributed by atoms with E-state index in [1.807, 2.05) is 25.2 Å². The van der Waals surface area contributed by atoms with Gasteiger partial charge in [-0.3, -0.25) is 4.79 Å². The monoisotopic (exact) mass is 289 g/mol. The Morgan fingerprint density at radius 1 is 1.35 bits per heavy atom. The van der Waals surface area contributed by atoms with Gasteiger partial charge in [0.25, 0.3) is 5.56 Å². The third kappa shape index (κ3) is 3.95. The van der Waals surface area contributed by atoms with E-state index in [4.69, 9.17) is 0 Å². The molecule has 20 heavy (non-hydrogen) atoms. The van der Waals surface area contributed by atoms with Gasteiger partial charge in [-0.1, -0.05) is 43.3 Å². The maximum absolute atomic E-state index is 11.7. The van der Waals surface area contributed by atoms with Gasteiger partial charge in [0.05, 0.1) is 0 Å². The molecule has 0 radical (unpaired) electrons. The largest absolute Gasteiger partial charge is 0.316 e. The van der Waals surface area contributed by atoms with Gasteiger partial charge in [0.15, 0.2) is 5.16 Å².